The molecule has 0 bridgehead atoms. The summed E-state index contributed by atoms with van der Waals surface area (Å²) in [5.74, 6) is -0.599. The summed E-state index contributed by atoms with van der Waals surface area (Å²) in [6.45, 7) is 6.03. The first-order valence-electron chi connectivity index (χ1n) is 29.2. The number of aromatic nitrogens is 12. The number of amides is 3. The third-order valence-electron chi connectivity index (χ3n) is 15.5. The Morgan fingerprint density at radius 2 is 1.07 bits per heavy atom. The third kappa shape index (κ3) is 13.1. The summed E-state index contributed by atoms with van der Waals surface area (Å²) in [6, 6.07) is 35.3. The predicted molar refractivity (Wildman–Crippen MR) is 321 cm³/mol. The van der Waals surface area contributed by atoms with Gasteiger partial charge in [0, 0.05) is 41.5 Å². The van der Waals surface area contributed by atoms with Crippen LogP contribution in [0.1, 0.15) is 94.1 Å². The maximum atomic E-state index is 16.3. The molecular formula is C64H60F3N15O7. The number of H-pyrrole nitrogens is 3. The quantitative estimate of drug-likeness (QED) is 0.0570. The number of anilines is 3. The van der Waals surface area contributed by atoms with Crippen LogP contribution in [0.5, 0.6) is 23.0 Å². The Kier molecular flexibility index (Phi) is 17.3. The van der Waals surface area contributed by atoms with Gasteiger partial charge in [0.1, 0.15) is 36.8 Å². The van der Waals surface area contributed by atoms with Gasteiger partial charge in [-0.1, -0.05) is 63.6 Å². The van der Waals surface area contributed by atoms with Crippen molar-refractivity contribution in [1.82, 2.24) is 61.9 Å². The molecule has 5 heterocycles. The summed E-state index contributed by atoms with van der Waals surface area (Å²) in [5.41, 5.74) is 4.31. The first-order valence-corrected chi connectivity index (χ1v) is 29.2. The van der Waals surface area contributed by atoms with E-state index in [1.165, 1.54) is 63.2 Å². The van der Waals surface area contributed by atoms with Gasteiger partial charge < -0.3 is 33.6 Å². The maximum absolute atomic E-state index is 16.3. The topological polar surface area (TPSA) is 261 Å². The van der Waals surface area contributed by atoms with Gasteiger partial charge in [-0.15, -0.1) is 30.6 Å². The fourth-order valence-electron chi connectivity index (χ4n) is 11.2. The largest absolute Gasteiger partial charge is 0.486 e. The molecule has 2 aliphatic rings. The van der Waals surface area contributed by atoms with Gasteiger partial charge in [0.05, 0.1) is 36.7 Å². The number of hydrogen-bond donors (Lipinski definition) is 3. The number of hydrogen-bond acceptors (Lipinski definition) is 16. The fraction of sp³-hybridized carbons (Fsp3) is 0.281. The van der Waals surface area contributed by atoms with Crippen molar-refractivity contribution in [3.05, 3.63) is 167 Å². The fourth-order valence-corrected chi connectivity index (χ4v) is 11.2. The normalized spacial score (nSPS) is 14.5. The molecule has 12 rings (SSSR count). The number of nitrogens with zero attached hydrogens (tertiary/aromatic N) is 12. The predicted octanol–water partition coefficient (Wildman–Crippen LogP) is 11.2. The number of unbranched alkanes of at least 4 members (excludes halogenated alkanes) is 1. The van der Waals surface area contributed by atoms with E-state index in [2.05, 4.69) is 61.9 Å². The molecule has 22 nitrogen and oxygen atoms in total. The van der Waals surface area contributed by atoms with Crippen molar-refractivity contribution in [1.29, 1.82) is 0 Å². The minimum absolute atomic E-state index is 0.00847. The number of ether oxygens (including phenoxy) is 4. The summed E-state index contributed by atoms with van der Waals surface area (Å²) in [4.78, 5) is 46.7. The van der Waals surface area contributed by atoms with Crippen LogP contribution in [0.3, 0.4) is 0 Å². The number of carbonyl (C=O) groups is 3. The van der Waals surface area contributed by atoms with E-state index in [-0.39, 0.29) is 110 Å². The highest BCUT2D eigenvalue weighted by Crippen LogP contribution is 2.42. The van der Waals surface area contributed by atoms with Crippen LogP contribution in [0.25, 0.3) is 44.9 Å². The van der Waals surface area contributed by atoms with Crippen LogP contribution in [0.15, 0.2) is 127 Å². The lowest BCUT2D eigenvalue weighted by atomic mass is 9.96. The lowest BCUT2D eigenvalue weighted by molar-refractivity contribution is -0.120. The number of halogens is 3. The Balaban J connectivity index is 0.764. The summed E-state index contributed by atoms with van der Waals surface area (Å²) in [6.07, 6.45) is 1.56. The van der Waals surface area contributed by atoms with Crippen molar-refractivity contribution in [3.8, 4) is 57.2 Å². The minimum atomic E-state index is -0.655. The molecule has 3 aromatic heterocycles. The molecule has 10 aromatic rings. The monoisotopic (exact) mass is 1210 g/mol. The van der Waals surface area contributed by atoms with E-state index in [0.717, 1.165) is 28.3 Å². The van der Waals surface area contributed by atoms with Crippen LogP contribution >= 0.6 is 0 Å². The van der Waals surface area contributed by atoms with Gasteiger partial charge in [-0.2, -0.15) is 15.6 Å². The summed E-state index contributed by atoms with van der Waals surface area (Å²) in [7, 11) is 0. The van der Waals surface area contributed by atoms with Crippen molar-refractivity contribution in [2.24, 2.45) is 5.92 Å². The SMILES string of the molecule is CCCCC(=O)N(Cc1cc(C2COc3cc(CN(C(=O)CC(C)CC4COc5ccc(CN(C(=O)CCC)c6cc(-c7nn[nH]n7)ccc6F)cc5O4)c4cc(-c5nn[nH]n5)ccc4F)ccc3O2)c2ccccc2c1)c1cc(-c2nn[nH]n2)ccc1F. The van der Waals surface area contributed by atoms with Crippen LogP contribution in [0, 0.1) is 23.4 Å². The number of aromatic amines is 3. The van der Waals surface area contributed by atoms with Crippen LogP contribution in [0.2, 0.25) is 0 Å². The molecule has 454 valence electrons. The van der Waals surface area contributed by atoms with E-state index in [4.69, 9.17) is 18.9 Å². The molecule has 2 aliphatic heterocycles. The number of nitrogens with one attached hydrogen (secondary N) is 3. The Labute approximate surface area is 507 Å². The van der Waals surface area contributed by atoms with Crippen molar-refractivity contribution >= 4 is 45.6 Å². The summed E-state index contributed by atoms with van der Waals surface area (Å²) >= 11 is 0. The lowest BCUT2D eigenvalue weighted by Crippen LogP contribution is -2.35. The zero-order chi connectivity index (χ0) is 61.5. The zero-order valence-electron chi connectivity index (χ0n) is 48.7. The van der Waals surface area contributed by atoms with E-state index in [9.17, 15) is 14.4 Å². The zero-order valence-corrected chi connectivity index (χ0v) is 48.7. The number of tetrazole rings is 3. The van der Waals surface area contributed by atoms with Crippen LogP contribution in [0.4, 0.5) is 30.2 Å². The molecule has 0 fully saturated rings. The van der Waals surface area contributed by atoms with E-state index in [1.54, 1.807) is 42.5 Å². The Morgan fingerprint density at radius 3 is 1.63 bits per heavy atom. The Morgan fingerprint density at radius 1 is 0.539 bits per heavy atom. The number of carbonyl (C=O) groups excluding carboxylic acids is 3. The third-order valence-corrected chi connectivity index (χ3v) is 15.5. The summed E-state index contributed by atoms with van der Waals surface area (Å²) in [5, 5.41) is 44.3. The molecule has 3 N–H and O–H groups in total. The lowest BCUT2D eigenvalue weighted by Gasteiger charge is -2.31. The van der Waals surface area contributed by atoms with Crippen molar-refractivity contribution in [2.75, 3.05) is 27.9 Å². The highest BCUT2D eigenvalue weighted by atomic mass is 19.1. The molecular weight excluding hydrogens is 1150 g/mol. The van der Waals surface area contributed by atoms with Gasteiger partial charge in [0.25, 0.3) is 0 Å². The van der Waals surface area contributed by atoms with Gasteiger partial charge in [-0.05, 0) is 159 Å². The number of benzene rings is 7. The second-order valence-corrected chi connectivity index (χ2v) is 22.0. The molecule has 7 aromatic carbocycles. The van der Waals surface area contributed by atoms with Gasteiger partial charge in [0.15, 0.2) is 29.1 Å². The minimum Gasteiger partial charge on any atom is -0.486 e. The molecule has 0 aliphatic carbocycles. The Bertz CT molecular complexity index is 4180. The second kappa shape index (κ2) is 26.2. The average Bonchev–Trinajstić information content (AvgIpc) is 2.44. The van der Waals surface area contributed by atoms with Crippen LogP contribution < -0.4 is 33.6 Å². The smallest absolute Gasteiger partial charge is 0.227 e. The Hall–Kier alpha value is -10.6. The molecule has 0 saturated heterocycles. The molecule has 3 unspecified atom stereocenters. The highest BCUT2D eigenvalue weighted by molar-refractivity contribution is 5.96. The van der Waals surface area contributed by atoms with Gasteiger partial charge in [0.2, 0.25) is 35.2 Å². The van der Waals surface area contributed by atoms with E-state index in [0.29, 0.717) is 70.1 Å². The van der Waals surface area contributed by atoms with Crippen LogP contribution in [-0.2, 0) is 34.0 Å². The molecule has 0 spiro atoms. The van der Waals surface area contributed by atoms with E-state index >= 15 is 13.2 Å². The highest BCUT2D eigenvalue weighted by Gasteiger charge is 2.31. The number of rotatable bonds is 22. The first-order chi connectivity index (χ1) is 43.4. The second-order valence-electron chi connectivity index (χ2n) is 22.0. The standard InChI is InChI=1S/C64H60F3N15O7/c1-4-6-12-60(84)81(52-30-43(16-19-49(52)66)63-70-76-77-71-63)34-40-25-41-10-7-8-11-46(41)47(26-40)58-36-87-56-27-38(14-22-55(56)89-58)33-82(53-31-44(17-20-50(53)67)64-72-78-79-73-64)61(85)24-37(3)23-45-35-86-54-21-13-39(28-57(54)88-45)32-80(59(83)9-5-2)51-29-42(15-18-48(51)65)62-68-74-75-69-62/h7-8,10-11,13-22,25-31,37,45,58H,4-6,9,12,23-24,32-36H2,1-3H3,(H,68,69,74,75)(H,70,71,76,77)(H,72,73,78,79). The van der Waals surface area contributed by atoms with Gasteiger partial charge >= 0.3 is 0 Å². The number of fused-ring (bicyclic) bond motifs is 3. The average molecular weight is 1210 g/mol. The molecule has 0 radical (unpaired) electrons. The van der Waals surface area contributed by atoms with Crippen molar-refractivity contribution < 1.29 is 46.5 Å². The molecule has 89 heavy (non-hydrogen) atoms. The van der Waals surface area contributed by atoms with Gasteiger partial charge in [-0.25, -0.2) is 13.2 Å². The van der Waals surface area contributed by atoms with Gasteiger partial charge in [-0.3, -0.25) is 14.4 Å². The summed E-state index contributed by atoms with van der Waals surface area (Å²) < 4.78 is 73.6. The maximum Gasteiger partial charge on any atom is 0.227 e. The first kappa shape index (κ1) is 58.8. The van der Waals surface area contributed by atoms with Crippen molar-refractivity contribution in [3.63, 3.8) is 0 Å². The molecule has 3 atom stereocenters. The molecule has 25 heteroatoms. The molecule has 3 amide bonds. The van der Waals surface area contributed by atoms with E-state index < -0.39 is 29.7 Å². The van der Waals surface area contributed by atoms with E-state index in [1.807, 2.05) is 57.2 Å². The van der Waals surface area contributed by atoms with Crippen molar-refractivity contribution in [2.45, 2.75) is 97.6 Å². The van der Waals surface area contributed by atoms with Crippen LogP contribution in [-0.4, -0.2) is 98.9 Å². The molecule has 0 saturated carbocycles.